The van der Waals surface area contributed by atoms with Gasteiger partial charge < -0.3 is 19.4 Å². The number of ether oxygens (including phenoxy) is 2. The summed E-state index contributed by atoms with van der Waals surface area (Å²) in [7, 11) is -1.23. The lowest BCUT2D eigenvalue weighted by atomic mass is 9.99. The van der Waals surface area contributed by atoms with E-state index in [4.69, 9.17) is 9.47 Å². The molecule has 1 amide bonds. The van der Waals surface area contributed by atoms with Crippen LogP contribution in [-0.4, -0.2) is 39.5 Å². The van der Waals surface area contributed by atoms with E-state index in [9.17, 15) is 14.3 Å². The van der Waals surface area contributed by atoms with E-state index in [1.807, 2.05) is 41.0 Å². The Morgan fingerprint density at radius 3 is 2.50 bits per heavy atom. The van der Waals surface area contributed by atoms with Crippen LogP contribution in [0.4, 0.5) is 5.69 Å². The number of rotatable bonds is 16. The minimum absolute atomic E-state index is 0.336. The smallest absolute Gasteiger partial charge is 0.248 e. The zero-order valence-corrected chi connectivity index (χ0v) is 26.0. The Labute approximate surface area is 261 Å². The summed E-state index contributed by atoms with van der Waals surface area (Å²) in [6.45, 7) is 6.86. The van der Waals surface area contributed by atoms with E-state index in [-0.39, 0.29) is 5.91 Å². The van der Waals surface area contributed by atoms with Crippen LogP contribution in [0.1, 0.15) is 49.9 Å². The van der Waals surface area contributed by atoms with Crippen molar-refractivity contribution in [3.05, 3.63) is 102 Å². The zero-order chi connectivity index (χ0) is 31.1. The summed E-state index contributed by atoms with van der Waals surface area (Å²) < 4.78 is 26.2. The molecule has 44 heavy (non-hydrogen) atoms. The molecule has 1 atom stereocenters. The minimum atomic E-state index is -1.23. The molecule has 3 aromatic carbocycles. The lowest BCUT2D eigenvalue weighted by Gasteiger charge is -2.09. The molecule has 0 unspecified atom stereocenters. The molecule has 4 aromatic rings. The molecule has 0 radical (unpaired) electrons. The lowest BCUT2D eigenvalue weighted by Crippen LogP contribution is -2.08. The molecule has 0 aliphatic rings. The number of unbranched alkanes of at least 4 members (excludes halogenated alkanes) is 1. The molecule has 1 N–H and O–H groups in total. The molecule has 0 spiro atoms. The number of carbonyl (C=O) groups is 1. The van der Waals surface area contributed by atoms with Gasteiger partial charge in [-0.25, -0.2) is 4.98 Å². The van der Waals surface area contributed by atoms with Crippen molar-refractivity contribution in [3.63, 3.8) is 0 Å². The Hall–Kier alpha value is -4.52. The summed E-state index contributed by atoms with van der Waals surface area (Å²) in [4.78, 5) is 17.5. The van der Waals surface area contributed by atoms with Crippen LogP contribution in [-0.2, 0) is 32.6 Å². The SMILES string of the molecule is CCCCOCCOc1ccc(-c2ccc(C#N)c(/C=C/C(=O)Nc3ccc([S@](=O)Cc4cncn4CCC)cc3)c2)cc1. The molecule has 0 aliphatic heterocycles. The summed E-state index contributed by atoms with van der Waals surface area (Å²) >= 11 is 0. The number of nitrogens with zero attached hydrogens (tertiary/aromatic N) is 3. The highest BCUT2D eigenvalue weighted by Gasteiger charge is 2.10. The van der Waals surface area contributed by atoms with Gasteiger partial charge in [-0.2, -0.15) is 5.26 Å². The summed E-state index contributed by atoms with van der Waals surface area (Å²) in [6, 6.07) is 22.4. The van der Waals surface area contributed by atoms with Crippen LogP contribution in [0.3, 0.4) is 0 Å². The van der Waals surface area contributed by atoms with Crippen molar-refractivity contribution in [1.82, 2.24) is 9.55 Å². The largest absolute Gasteiger partial charge is 0.491 e. The third kappa shape index (κ3) is 9.49. The molecule has 0 aliphatic carbocycles. The summed E-state index contributed by atoms with van der Waals surface area (Å²) in [5.41, 5.74) is 4.50. The van der Waals surface area contributed by atoms with Crippen LogP contribution >= 0.6 is 0 Å². The zero-order valence-electron chi connectivity index (χ0n) is 25.2. The number of nitriles is 1. The van der Waals surface area contributed by atoms with Crippen LogP contribution in [0, 0.1) is 11.3 Å². The number of hydrogen-bond donors (Lipinski definition) is 1. The van der Waals surface area contributed by atoms with Gasteiger partial charge in [-0.1, -0.05) is 38.5 Å². The van der Waals surface area contributed by atoms with Crippen molar-refractivity contribution in [2.75, 3.05) is 25.1 Å². The summed E-state index contributed by atoms with van der Waals surface area (Å²) in [5, 5.41) is 12.4. The number of aryl methyl sites for hydroxylation is 1. The molecule has 0 saturated carbocycles. The first-order chi connectivity index (χ1) is 21.5. The van der Waals surface area contributed by atoms with Gasteiger partial charge >= 0.3 is 0 Å². The number of benzene rings is 3. The number of amides is 1. The predicted molar refractivity (Wildman–Crippen MR) is 175 cm³/mol. The van der Waals surface area contributed by atoms with Gasteiger partial charge in [0.1, 0.15) is 12.4 Å². The Morgan fingerprint density at radius 2 is 1.77 bits per heavy atom. The molecule has 0 bridgehead atoms. The van der Waals surface area contributed by atoms with Gasteiger partial charge in [0, 0.05) is 36.0 Å². The van der Waals surface area contributed by atoms with Crippen molar-refractivity contribution < 1.29 is 18.5 Å². The number of anilines is 1. The Kier molecular flexibility index (Phi) is 12.5. The summed E-state index contributed by atoms with van der Waals surface area (Å²) in [5.74, 6) is 0.801. The van der Waals surface area contributed by atoms with Crippen molar-refractivity contribution >= 4 is 28.5 Å². The number of carbonyl (C=O) groups excluding carboxylic acids is 1. The standard InChI is InChI=1S/C35H38N4O4S/c1-3-5-19-42-20-21-43-33-13-8-27(9-14-33)28-6-7-30(23-36)29(22-28)10-17-35(40)38-31-11-15-34(16-12-31)44(41)25-32-24-37-26-39(32)18-4-2/h6-17,22,24,26H,3-5,18-21,25H2,1-2H3,(H,38,40)/b17-10+/t44-/m1/s1. The molecule has 8 nitrogen and oxygen atoms in total. The van der Waals surface area contributed by atoms with Gasteiger partial charge in [0.2, 0.25) is 5.91 Å². The fourth-order valence-corrected chi connectivity index (χ4v) is 5.58. The maximum absolute atomic E-state index is 12.9. The number of imidazole rings is 1. The lowest BCUT2D eigenvalue weighted by molar-refractivity contribution is -0.111. The van der Waals surface area contributed by atoms with Crippen molar-refractivity contribution in [2.24, 2.45) is 0 Å². The van der Waals surface area contributed by atoms with Crippen molar-refractivity contribution in [1.29, 1.82) is 5.26 Å². The molecule has 1 heterocycles. The average molecular weight is 611 g/mol. The molecule has 4 rings (SSSR count). The van der Waals surface area contributed by atoms with Gasteiger partial charge in [0.05, 0.1) is 46.8 Å². The van der Waals surface area contributed by atoms with Gasteiger partial charge in [0.15, 0.2) is 0 Å². The Bertz CT molecular complexity index is 1610. The average Bonchev–Trinajstić information content (AvgIpc) is 3.48. The van der Waals surface area contributed by atoms with Crippen LogP contribution in [0.15, 0.2) is 90.2 Å². The molecule has 1 aromatic heterocycles. The van der Waals surface area contributed by atoms with Gasteiger partial charge in [-0.15, -0.1) is 0 Å². The van der Waals surface area contributed by atoms with Crippen molar-refractivity contribution in [2.45, 2.75) is 50.3 Å². The van der Waals surface area contributed by atoms with E-state index in [1.165, 1.54) is 6.08 Å². The number of nitrogens with one attached hydrogen (secondary N) is 1. The van der Waals surface area contributed by atoms with Gasteiger partial charge in [0.25, 0.3) is 0 Å². The van der Waals surface area contributed by atoms with Crippen LogP contribution < -0.4 is 10.1 Å². The van der Waals surface area contributed by atoms with E-state index in [0.29, 0.717) is 40.7 Å². The van der Waals surface area contributed by atoms with E-state index < -0.39 is 10.8 Å². The van der Waals surface area contributed by atoms with E-state index in [1.54, 1.807) is 48.9 Å². The second kappa shape index (κ2) is 16.9. The highest BCUT2D eigenvalue weighted by molar-refractivity contribution is 7.84. The Morgan fingerprint density at radius 1 is 1.00 bits per heavy atom. The fraction of sp³-hybridized carbons (Fsp3) is 0.286. The number of hydrogen-bond acceptors (Lipinski definition) is 6. The maximum Gasteiger partial charge on any atom is 0.248 e. The van der Waals surface area contributed by atoms with Gasteiger partial charge in [-0.3, -0.25) is 9.00 Å². The fourth-order valence-electron chi connectivity index (χ4n) is 4.46. The predicted octanol–water partition coefficient (Wildman–Crippen LogP) is 6.99. The quantitative estimate of drug-likeness (QED) is 0.108. The second-order valence-corrected chi connectivity index (χ2v) is 11.6. The Balaban J connectivity index is 1.34. The highest BCUT2D eigenvalue weighted by atomic mass is 32.2. The first-order valence-electron chi connectivity index (χ1n) is 14.8. The van der Waals surface area contributed by atoms with Crippen LogP contribution in [0.25, 0.3) is 17.2 Å². The van der Waals surface area contributed by atoms with Crippen LogP contribution in [0.2, 0.25) is 0 Å². The third-order valence-corrected chi connectivity index (χ3v) is 8.20. The van der Waals surface area contributed by atoms with E-state index in [2.05, 4.69) is 30.2 Å². The molecular formula is C35H38N4O4S. The second-order valence-electron chi connectivity index (χ2n) is 10.2. The van der Waals surface area contributed by atoms with E-state index in [0.717, 1.165) is 55.0 Å². The van der Waals surface area contributed by atoms with Gasteiger partial charge in [-0.05, 0) is 84.1 Å². The monoisotopic (exact) mass is 610 g/mol. The van der Waals surface area contributed by atoms with E-state index >= 15 is 0 Å². The maximum atomic E-state index is 12.9. The molecule has 228 valence electrons. The number of aromatic nitrogens is 2. The highest BCUT2D eigenvalue weighted by Crippen LogP contribution is 2.26. The first kappa shape index (κ1) is 32.4. The first-order valence-corrected chi connectivity index (χ1v) is 16.1. The molecular weight excluding hydrogens is 572 g/mol. The third-order valence-electron chi connectivity index (χ3n) is 6.84. The minimum Gasteiger partial charge on any atom is -0.491 e. The van der Waals surface area contributed by atoms with Crippen molar-refractivity contribution in [3.8, 4) is 22.9 Å². The molecule has 0 fully saturated rings. The molecule has 9 heteroatoms. The topological polar surface area (TPSA) is 106 Å². The van der Waals surface area contributed by atoms with Crippen LogP contribution in [0.5, 0.6) is 5.75 Å². The molecule has 0 saturated heterocycles. The summed E-state index contributed by atoms with van der Waals surface area (Å²) in [6.07, 6.45) is 9.68. The normalized spacial score (nSPS) is 11.8.